The third-order valence-corrected chi connectivity index (χ3v) is 7.10. The summed E-state index contributed by atoms with van der Waals surface area (Å²) in [5, 5.41) is 3.09. The van der Waals surface area contributed by atoms with Gasteiger partial charge in [-0.15, -0.1) is 11.8 Å². The van der Waals surface area contributed by atoms with Crippen molar-refractivity contribution >= 4 is 23.6 Å². The first-order chi connectivity index (χ1) is 17.4. The van der Waals surface area contributed by atoms with E-state index < -0.39 is 6.04 Å². The van der Waals surface area contributed by atoms with Gasteiger partial charge in [0.15, 0.2) is 0 Å². The Morgan fingerprint density at radius 2 is 1.64 bits per heavy atom. The Morgan fingerprint density at radius 1 is 0.944 bits per heavy atom. The van der Waals surface area contributed by atoms with Crippen LogP contribution in [0.1, 0.15) is 42.5 Å². The van der Waals surface area contributed by atoms with E-state index >= 15 is 0 Å². The molecule has 4 nitrogen and oxygen atoms in total. The minimum Gasteiger partial charge on any atom is -0.352 e. The molecule has 0 aromatic heterocycles. The van der Waals surface area contributed by atoms with Gasteiger partial charge in [0.25, 0.3) is 0 Å². The number of amides is 2. The number of halogens is 1. The summed E-state index contributed by atoms with van der Waals surface area (Å²) in [4.78, 5) is 28.9. The molecule has 2 amide bonds. The Hall–Kier alpha value is -3.12. The van der Waals surface area contributed by atoms with Crippen molar-refractivity contribution in [3.8, 4) is 0 Å². The van der Waals surface area contributed by atoms with E-state index in [1.807, 2.05) is 69.3 Å². The van der Waals surface area contributed by atoms with Crippen LogP contribution in [0.4, 0.5) is 4.39 Å². The number of nitrogens with zero attached hydrogens (tertiary/aromatic N) is 1. The summed E-state index contributed by atoms with van der Waals surface area (Å²) in [7, 11) is 0. The highest BCUT2D eigenvalue weighted by Gasteiger charge is 2.30. The lowest BCUT2D eigenvalue weighted by Crippen LogP contribution is -2.52. The second-order valence-electron chi connectivity index (χ2n) is 9.15. The van der Waals surface area contributed by atoms with Crippen molar-refractivity contribution in [1.29, 1.82) is 0 Å². The number of benzene rings is 3. The SMILES string of the molecule is CC[C@H](C)NC(=O)[C@H](Cc1ccccc1)N(Cc1cccc(C)c1)C(=O)CSCc1ccc(F)cc1. The number of carbonyl (C=O) groups excluding carboxylic acids is 2. The van der Waals surface area contributed by atoms with Crippen LogP contribution in [0.5, 0.6) is 0 Å². The Balaban J connectivity index is 1.85. The second-order valence-corrected chi connectivity index (χ2v) is 10.1. The van der Waals surface area contributed by atoms with Gasteiger partial charge in [-0.2, -0.15) is 0 Å². The molecule has 2 atom stereocenters. The fraction of sp³-hybridized carbons (Fsp3) is 0.333. The number of carbonyl (C=O) groups is 2. The van der Waals surface area contributed by atoms with Crippen molar-refractivity contribution in [3.63, 3.8) is 0 Å². The second kappa shape index (κ2) is 13.8. The summed E-state index contributed by atoms with van der Waals surface area (Å²) in [6.45, 7) is 6.37. The highest BCUT2D eigenvalue weighted by Crippen LogP contribution is 2.19. The molecular formula is C30H35FN2O2S. The molecule has 0 aliphatic carbocycles. The molecule has 0 heterocycles. The Kier molecular flexibility index (Phi) is 10.6. The predicted molar refractivity (Wildman–Crippen MR) is 146 cm³/mol. The van der Waals surface area contributed by atoms with Crippen LogP contribution in [0.25, 0.3) is 0 Å². The molecule has 0 saturated carbocycles. The fourth-order valence-corrected chi connectivity index (χ4v) is 4.79. The number of rotatable bonds is 12. The summed E-state index contributed by atoms with van der Waals surface area (Å²) in [6, 6.07) is 23.5. The van der Waals surface area contributed by atoms with Crippen LogP contribution in [0, 0.1) is 12.7 Å². The van der Waals surface area contributed by atoms with Crippen LogP contribution in [0.2, 0.25) is 0 Å². The maximum atomic E-state index is 13.6. The minimum atomic E-state index is -0.638. The van der Waals surface area contributed by atoms with Crippen molar-refractivity contribution in [2.24, 2.45) is 0 Å². The zero-order valence-electron chi connectivity index (χ0n) is 21.2. The fourth-order valence-electron chi connectivity index (χ4n) is 3.92. The molecule has 0 bridgehead atoms. The van der Waals surface area contributed by atoms with Crippen molar-refractivity contribution in [1.82, 2.24) is 10.2 Å². The molecule has 0 aliphatic rings. The van der Waals surface area contributed by atoms with Crippen LogP contribution >= 0.6 is 11.8 Å². The van der Waals surface area contributed by atoms with Gasteiger partial charge in [0, 0.05) is 24.8 Å². The van der Waals surface area contributed by atoms with E-state index in [0.717, 1.165) is 28.7 Å². The highest BCUT2D eigenvalue weighted by molar-refractivity contribution is 7.99. The van der Waals surface area contributed by atoms with Crippen molar-refractivity contribution in [3.05, 3.63) is 107 Å². The molecule has 0 aliphatic heterocycles. The first-order valence-corrected chi connectivity index (χ1v) is 13.5. The average molecular weight is 507 g/mol. The van der Waals surface area contributed by atoms with Gasteiger partial charge in [-0.05, 0) is 49.1 Å². The van der Waals surface area contributed by atoms with E-state index in [-0.39, 0.29) is 29.4 Å². The van der Waals surface area contributed by atoms with Crippen LogP contribution in [-0.2, 0) is 28.3 Å². The van der Waals surface area contributed by atoms with Crippen LogP contribution in [0.15, 0.2) is 78.9 Å². The van der Waals surface area contributed by atoms with Gasteiger partial charge in [-0.25, -0.2) is 4.39 Å². The Morgan fingerprint density at radius 3 is 2.31 bits per heavy atom. The van der Waals surface area contributed by atoms with E-state index in [1.165, 1.54) is 23.9 Å². The van der Waals surface area contributed by atoms with Crippen molar-refractivity contribution in [2.45, 2.75) is 58.0 Å². The molecule has 3 aromatic carbocycles. The molecule has 0 saturated heterocycles. The molecular weight excluding hydrogens is 471 g/mol. The van der Waals surface area contributed by atoms with E-state index in [9.17, 15) is 14.0 Å². The van der Waals surface area contributed by atoms with Gasteiger partial charge in [-0.3, -0.25) is 9.59 Å². The molecule has 0 fully saturated rings. The molecule has 3 aromatic rings. The summed E-state index contributed by atoms with van der Waals surface area (Å²) >= 11 is 1.47. The van der Waals surface area contributed by atoms with Gasteiger partial charge in [0.2, 0.25) is 11.8 Å². The van der Waals surface area contributed by atoms with E-state index in [0.29, 0.717) is 18.7 Å². The van der Waals surface area contributed by atoms with Gasteiger partial charge >= 0.3 is 0 Å². The zero-order valence-corrected chi connectivity index (χ0v) is 22.1. The topological polar surface area (TPSA) is 49.4 Å². The summed E-state index contributed by atoms with van der Waals surface area (Å²) in [5.41, 5.74) is 4.05. The lowest BCUT2D eigenvalue weighted by Gasteiger charge is -2.32. The largest absolute Gasteiger partial charge is 0.352 e. The van der Waals surface area contributed by atoms with Gasteiger partial charge in [-0.1, -0.05) is 79.2 Å². The van der Waals surface area contributed by atoms with Crippen LogP contribution in [0.3, 0.4) is 0 Å². The molecule has 0 radical (unpaired) electrons. The molecule has 0 spiro atoms. The highest BCUT2D eigenvalue weighted by atomic mass is 32.2. The zero-order chi connectivity index (χ0) is 25.9. The third-order valence-electron chi connectivity index (χ3n) is 6.12. The standard InChI is InChI=1S/C30H35FN2O2S/c1-4-23(3)32-30(35)28(18-24-10-6-5-7-11-24)33(19-26-12-8-9-22(2)17-26)29(34)21-36-20-25-13-15-27(31)16-14-25/h5-17,23,28H,4,18-21H2,1-3H3,(H,32,35)/t23-,28-/m0/s1. The van der Waals surface area contributed by atoms with Gasteiger partial charge in [0.05, 0.1) is 5.75 Å². The normalized spacial score (nSPS) is 12.6. The molecule has 190 valence electrons. The molecule has 36 heavy (non-hydrogen) atoms. The molecule has 0 unspecified atom stereocenters. The van der Waals surface area contributed by atoms with E-state index in [2.05, 4.69) is 11.4 Å². The summed E-state index contributed by atoms with van der Waals surface area (Å²) in [5.74, 6) is 0.305. The van der Waals surface area contributed by atoms with Gasteiger partial charge < -0.3 is 10.2 Å². The summed E-state index contributed by atoms with van der Waals surface area (Å²) < 4.78 is 13.2. The quantitative estimate of drug-likeness (QED) is 0.332. The molecule has 3 rings (SSSR count). The van der Waals surface area contributed by atoms with E-state index in [1.54, 1.807) is 17.0 Å². The Bertz CT molecular complexity index is 1120. The lowest BCUT2D eigenvalue weighted by atomic mass is 10.0. The average Bonchev–Trinajstić information content (AvgIpc) is 2.87. The summed E-state index contributed by atoms with van der Waals surface area (Å²) in [6.07, 6.45) is 1.24. The van der Waals surface area contributed by atoms with Crippen LogP contribution < -0.4 is 5.32 Å². The molecule has 6 heteroatoms. The van der Waals surface area contributed by atoms with Crippen molar-refractivity contribution in [2.75, 3.05) is 5.75 Å². The Labute approximate surface area is 218 Å². The number of thioether (sulfide) groups is 1. The first-order valence-electron chi connectivity index (χ1n) is 12.4. The van der Waals surface area contributed by atoms with Gasteiger partial charge in [0.1, 0.15) is 11.9 Å². The first kappa shape index (κ1) is 27.5. The predicted octanol–water partition coefficient (Wildman–Crippen LogP) is 5.92. The maximum absolute atomic E-state index is 13.6. The third kappa shape index (κ3) is 8.52. The van der Waals surface area contributed by atoms with Crippen molar-refractivity contribution < 1.29 is 14.0 Å². The number of hydrogen-bond acceptors (Lipinski definition) is 3. The van der Waals surface area contributed by atoms with E-state index in [4.69, 9.17) is 0 Å². The number of nitrogens with one attached hydrogen (secondary N) is 1. The minimum absolute atomic E-state index is 0.0135. The molecule has 1 N–H and O–H groups in total. The smallest absolute Gasteiger partial charge is 0.243 e. The lowest BCUT2D eigenvalue weighted by molar-refractivity contribution is -0.139. The monoisotopic (exact) mass is 506 g/mol. The maximum Gasteiger partial charge on any atom is 0.243 e. The number of aryl methyl sites for hydroxylation is 1. The number of hydrogen-bond donors (Lipinski definition) is 1. The van der Waals surface area contributed by atoms with Crippen LogP contribution in [-0.4, -0.2) is 34.6 Å².